The van der Waals surface area contributed by atoms with Crippen LogP contribution in [-0.2, 0) is 4.79 Å². The SMILES string of the molecule is NCCCCC(=O)NCC1CC=CCC1. The average molecular weight is 210 g/mol. The summed E-state index contributed by atoms with van der Waals surface area (Å²) in [6, 6.07) is 0. The van der Waals surface area contributed by atoms with Gasteiger partial charge in [-0.3, -0.25) is 4.79 Å². The van der Waals surface area contributed by atoms with Crippen LogP contribution in [-0.4, -0.2) is 19.0 Å². The number of unbranched alkanes of at least 4 members (excludes halogenated alkanes) is 1. The van der Waals surface area contributed by atoms with E-state index in [2.05, 4.69) is 17.5 Å². The Hall–Kier alpha value is -0.830. The summed E-state index contributed by atoms with van der Waals surface area (Å²) in [5.41, 5.74) is 5.37. The Balaban J connectivity index is 2.03. The third-order valence-electron chi connectivity index (χ3n) is 2.82. The molecule has 0 radical (unpaired) electrons. The smallest absolute Gasteiger partial charge is 0.220 e. The standard InChI is InChI=1S/C12H22N2O/c13-9-5-4-8-12(15)14-10-11-6-2-1-3-7-11/h1-2,11H,3-10,13H2,(H,14,15). The van der Waals surface area contributed by atoms with Crippen LogP contribution in [0.5, 0.6) is 0 Å². The lowest BCUT2D eigenvalue weighted by molar-refractivity contribution is -0.121. The number of carbonyl (C=O) groups excluding carboxylic acids is 1. The molecular weight excluding hydrogens is 188 g/mol. The Morgan fingerprint density at radius 2 is 2.27 bits per heavy atom. The zero-order chi connectivity index (χ0) is 10.9. The second kappa shape index (κ2) is 7.46. The number of rotatable bonds is 6. The van der Waals surface area contributed by atoms with E-state index in [0.717, 1.165) is 32.2 Å². The minimum atomic E-state index is 0.179. The summed E-state index contributed by atoms with van der Waals surface area (Å²) >= 11 is 0. The highest BCUT2D eigenvalue weighted by atomic mass is 16.1. The molecule has 86 valence electrons. The molecule has 1 atom stereocenters. The summed E-state index contributed by atoms with van der Waals surface area (Å²) in [7, 11) is 0. The quantitative estimate of drug-likeness (QED) is 0.516. The van der Waals surface area contributed by atoms with Crippen LogP contribution in [0.2, 0.25) is 0 Å². The van der Waals surface area contributed by atoms with E-state index < -0.39 is 0 Å². The molecule has 3 N–H and O–H groups in total. The van der Waals surface area contributed by atoms with Crippen molar-refractivity contribution in [1.82, 2.24) is 5.32 Å². The van der Waals surface area contributed by atoms with Crippen molar-refractivity contribution in [3.05, 3.63) is 12.2 Å². The zero-order valence-electron chi connectivity index (χ0n) is 9.37. The molecule has 0 heterocycles. The molecule has 0 spiro atoms. The van der Waals surface area contributed by atoms with Crippen LogP contribution in [0.4, 0.5) is 0 Å². The summed E-state index contributed by atoms with van der Waals surface area (Å²) in [6.45, 7) is 1.52. The van der Waals surface area contributed by atoms with Gasteiger partial charge in [-0.05, 0) is 44.6 Å². The topological polar surface area (TPSA) is 55.1 Å². The summed E-state index contributed by atoms with van der Waals surface area (Å²) in [5, 5.41) is 3.00. The van der Waals surface area contributed by atoms with E-state index in [4.69, 9.17) is 5.73 Å². The van der Waals surface area contributed by atoms with Gasteiger partial charge in [0.25, 0.3) is 0 Å². The number of nitrogens with two attached hydrogens (primary N) is 1. The van der Waals surface area contributed by atoms with Gasteiger partial charge in [0, 0.05) is 13.0 Å². The molecule has 1 unspecified atom stereocenters. The molecule has 0 bridgehead atoms. The lowest BCUT2D eigenvalue weighted by atomic mass is 9.94. The van der Waals surface area contributed by atoms with E-state index >= 15 is 0 Å². The van der Waals surface area contributed by atoms with Crippen molar-refractivity contribution < 1.29 is 4.79 Å². The predicted molar refractivity (Wildman–Crippen MR) is 62.4 cm³/mol. The van der Waals surface area contributed by atoms with Crippen LogP contribution >= 0.6 is 0 Å². The van der Waals surface area contributed by atoms with Gasteiger partial charge in [-0.25, -0.2) is 0 Å². The van der Waals surface area contributed by atoms with E-state index in [1.54, 1.807) is 0 Å². The van der Waals surface area contributed by atoms with Gasteiger partial charge >= 0.3 is 0 Å². The normalized spacial score (nSPS) is 20.2. The minimum Gasteiger partial charge on any atom is -0.356 e. The predicted octanol–water partition coefficient (Wildman–Crippen LogP) is 1.59. The number of hydrogen-bond acceptors (Lipinski definition) is 2. The molecule has 0 aromatic heterocycles. The Labute approximate surface area is 92.1 Å². The van der Waals surface area contributed by atoms with Gasteiger partial charge in [-0.1, -0.05) is 12.2 Å². The zero-order valence-corrected chi connectivity index (χ0v) is 9.37. The first-order chi connectivity index (χ1) is 7.33. The monoisotopic (exact) mass is 210 g/mol. The van der Waals surface area contributed by atoms with Gasteiger partial charge in [-0.2, -0.15) is 0 Å². The molecule has 3 heteroatoms. The van der Waals surface area contributed by atoms with Gasteiger partial charge in [0.1, 0.15) is 0 Å². The number of carbonyl (C=O) groups is 1. The first kappa shape index (κ1) is 12.2. The highest BCUT2D eigenvalue weighted by Gasteiger charge is 2.10. The number of nitrogens with one attached hydrogen (secondary N) is 1. The largest absolute Gasteiger partial charge is 0.356 e. The summed E-state index contributed by atoms with van der Waals surface area (Å²) in [5.74, 6) is 0.825. The Kier molecular flexibility index (Phi) is 6.09. The van der Waals surface area contributed by atoms with Crippen molar-refractivity contribution in [2.45, 2.75) is 38.5 Å². The van der Waals surface area contributed by atoms with E-state index in [0.29, 0.717) is 18.9 Å². The van der Waals surface area contributed by atoms with Crippen molar-refractivity contribution in [2.24, 2.45) is 11.7 Å². The number of hydrogen-bond donors (Lipinski definition) is 2. The lowest BCUT2D eigenvalue weighted by Gasteiger charge is -2.17. The molecule has 1 amide bonds. The van der Waals surface area contributed by atoms with Gasteiger partial charge < -0.3 is 11.1 Å². The minimum absolute atomic E-state index is 0.179. The molecule has 1 aliphatic rings. The third-order valence-corrected chi connectivity index (χ3v) is 2.82. The molecule has 0 fully saturated rings. The molecule has 0 aromatic rings. The van der Waals surface area contributed by atoms with Crippen molar-refractivity contribution in [3.63, 3.8) is 0 Å². The lowest BCUT2D eigenvalue weighted by Crippen LogP contribution is -2.29. The maximum atomic E-state index is 11.4. The van der Waals surface area contributed by atoms with Gasteiger partial charge in [0.2, 0.25) is 5.91 Å². The summed E-state index contributed by atoms with van der Waals surface area (Å²) in [6.07, 6.45) is 10.4. The fourth-order valence-electron chi connectivity index (χ4n) is 1.82. The molecule has 0 saturated carbocycles. The first-order valence-corrected chi connectivity index (χ1v) is 5.94. The summed E-state index contributed by atoms with van der Waals surface area (Å²) in [4.78, 5) is 11.4. The Morgan fingerprint density at radius 1 is 1.40 bits per heavy atom. The molecule has 1 aliphatic carbocycles. The van der Waals surface area contributed by atoms with Crippen molar-refractivity contribution >= 4 is 5.91 Å². The van der Waals surface area contributed by atoms with Crippen LogP contribution in [0.3, 0.4) is 0 Å². The van der Waals surface area contributed by atoms with Crippen LogP contribution in [0.25, 0.3) is 0 Å². The molecule has 0 aliphatic heterocycles. The van der Waals surface area contributed by atoms with Crippen molar-refractivity contribution in [1.29, 1.82) is 0 Å². The first-order valence-electron chi connectivity index (χ1n) is 5.94. The number of allylic oxidation sites excluding steroid dienone is 2. The highest BCUT2D eigenvalue weighted by Crippen LogP contribution is 2.16. The van der Waals surface area contributed by atoms with Crippen LogP contribution < -0.4 is 11.1 Å². The molecule has 3 nitrogen and oxygen atoms in total. The van der Waals surface area contributed by atoms with Crippen LogP contribution in [0.15, 0.2) is 12.2 Å². The van der Waals surface area contributed by atoms with Crippen LogP contribution in [0, 0.1) is 5.92 Å². The molecule has 0 aromatic carbocycles. The van der Waals surface area contributed by atoms with Crippen LogP contribution in [0.1, 0.15) is 38.5 Å². The Bertz CT molecular complexity index is 214. The average Bonchev–Trinajstić information content (AvgIpc) is 2.28. The van der Waals surface area contributed by atoms with Gasteiger partial charge in [0.15, 0.2) is 0 Å². The molecule has 0 saturated heterocycles. The maximum absolute atomic E-state index is 11.4. The molecule has 1 rings (SSSR count). The van der Waals surface area contributed by atoms with E-state index in [-0.39, 0.29) is 5.91 Å². The second-order valence-electron chi connectivity index (χ2n) is 4.20. The highest BCUT2D eigenvalue weighted by molar-refractivity contribution is 5.75. The van der Waals surface area contributed by atoms with Gasteiger partial charge in [-0.15, -0.1) is 0 Å². The fraction of sp³-hybridized carbons (Fsp3) is 0.750. The Morgan fingerprint density at radius 3 is 2.93 bits per heavy atom. The van der Waals surface area contributed by atoms with Crippen molar-refractivity contribution in [3.8, 4) is 0 Å². The summed E-state index contributed by atoms with van der Waals surface area (Å²) < 4.78 is 0. The number of amides is 1. The van der Waals surface area contributed by atoms with E-state index in [9.17, 15) is 4.79 Å². The fourth-order valence-corrected chi connectivity index (χ4v) is 1.82. The van der Waals surface area contributed by atoms with E-state index in [1.807, 2.05) is 0 Å². The third kappa shape index (κ3) is 5.57. The van der Waals surface area contributed by atoms with Crippen molar-refractivity contribution in [2.75, 3.05) is 13.1 Å². The second-order valence-corrected chi connectivity index (χ2v) is 4.20. The molecule has 15 heavy (non-hydrogen) atoms. The maximum Gasteiger partial charge on any atom is 0.220 e. The molecular formula is C12H22N2O. The van der Waals surface area contributed by atoms with E-state index in [1.165, 1.54) is 6.42 Å². The van der Waals surface area contributed by atoms with Gasteiger partial charge in [0.05, 0.1) is 0 Å².